The fourth-order valence-corrected chi connectivity index (χ4v) is 4.82. The predicted molar refractivity (Wildman–Crippen MR) is 72.1 cm³/mol. The molecule has 0 aliphatic carbocycles. The molecule has 0 bridgehead atoms. The molecule has 1 aliphatic rings. The lowest BCUT2D eigenvalue weighted by molar-refractivity contribution is -0.132. The Morgan fingerprint density at radius 1 is 1.32 bits per heavy atom. The van der Waals surface area contributed by atoms with Gasteiger partial charge in [0.05, 0.1) is 0 Å². The van der Waals surface area contributed by atoms with E-state index in [4.69, 9.17) is 5.21 Å². The minimum Gasteiger partial charge on any atom is -0.289 e. The minimum absolute atomic E-state index is 0.143. The molecule has 0 radical (unpaired) electrons. The summed E-state index contributed by atoms with van der Waals surface area (Å²) in [5.41, 5.74) is 1.52. The molecule has 1 amide bonds. The second-order valence-corrected chi connectivity index (χ2v) is 7.48. The van der Waals surface area contributed by atoms with E-state index in [0.29, 0.717) is 19.0 Å². The van der Waals surface area contributed by atoms with Gasteiger partial charge in [-0.3, -0.25) is 10.0 Å². The van der Waals surface area contributed by atoms with Crippen LogP contribution in [0.3, 0.4) is 0 Å². The number of amides is 1. The highest BCUT2D eigenvalue weighted by Gasteiger charge is 2.51. The Morgan fingerprint density at radius 2 is 1.79 bits per heavy atom. The van der Waals surface area contributed by atoms with Gasteiger partial charge in [-0.2, -0.15) is 0 Å². The van der Waals surface area contributed by atoms with E-state index in [-0.39, 0.29) is 12.8 Å². The Balaban J connectivity index is 3.10. The van der Waals surface area contributed by atoms with E-state index >= 15 is 0 Å². The van der Waals surface area contributed by atoms with E-state index < -0.39 is 20.7 Å². The van der Waals surface area contributed by atoms with Crippen molar-refractivity contribution in [2.45, 2.75) is 51.2 Å². The summed E-state index contributed by atoms with van der Waals surface area (Å²) in [4.78, 5) is 11.9. The molecule has 7 heteroatoms. The van der Waals surface area contributed by atoms with Gasteiger partial charge in [0, 0.05) is 13.1 Å². The topological polar surface area (TPSA) is 86.7 Å². The van der Waals surface area contributed by atoms with Gasteiger partial charge in [0.25, 0.3) is 5.91 Å². The summed E-state index contributed by atoms with van der Waals surface area (Å²) in [6.45, 7) is 6.30. The lowest BCUT2D eigenvalue weighted by atomic mass is 10.0. The maximum absolute atomic E-state index is 12.7. The fourth-order valence-electron chi connectivity index (χ4n) is 2.63. The lowest BCUT2D eigenvalue weighted by Crippen LogP contribution is -2.57. The molecule has 112 valence electrons. The third-order valence-electron chi connectivity index (χ3n) is 4.23. The average molecular weight is 292 g/mol. The molecule has 0 spiro atoms. The van der Waals surface area contributed by atoms with E-state index in [1.807, 2.05) is 0 Å². The molecule has 6 nitrogen and oxygen atoms in total. The molecule has 1 aliphatic heterocycles. The number of rotatable bonds is 5. The van der Waals surface area contributed by atoms with Crippen molar-refractivity contribution in [3.05, 3.63) is 0 Å². The number of hydroxylamine groups is 1. The number of sulfonamides is 1. The maximum atomic E-state index is 12.7. The van der Waals surface area contributed by atoms with Crippen LogP contribution in [0, 0.1) is 5.92 Å². The van der Waals surface area contributed by atoms with Crippen molar-refractivity contribution in [2.24, 2.45) is 5.92 Å². The van der Waals surface area contributed by atoms with Gasteiger partial charge >= 0.3 is 0 Å². The predicted octanol–water partition coefficient (Wildman–Crippen LogP) is 1.11. The third-order valence-corrected chi connectivity index (χ3v) is 7.03. The van der Waals surface area contributed by atoms with E-state index in [0.717, 1.165) is 12.8 Å². The highest BCUT2D eigenvalue weighted by molar-refractivity contribution is 7.91. The first-order valence-electron chi connectivity index (χ1n) is 6.80. The van der Waals surface area contributed by atoms with Crippen LogP contribution >= 0.6 is 0 Å². The van der Waals surface area contributed by atoms with Gasteiger partial charge in [-0.25, -0.2) is 18.2 Å². The van der Waals surface area contributed by atoms with Gasteiger partial charge in [-0.15, -0.1) is 0 Å². The van der Waals surface area contributed by atoms with Gasteiger partial charge in [-0.05, 0) is 31.6 Å². The zero-order valence-electron chi connectivity index (χ0n) is 11.8. The molecule has 2 N–H and O–H groups in total. The Kier molecular flexibility index (Phi) is 5.34. The van der Waals surface area contributed by atoms with Crippen molar-refractivity contribution in [1.82, 2.24) is 9.79 Å². The highest BCUT2D eigenvalue weighted by atomic mass is 32.2. The standard InChI is InChI=1S/C12H24N2O4S/c1-4-12(5-2,11(15)13-16)19(17,18)14-8-6-10(3)7-9-14/h10,16H,4-9H2,1-3H3,(H,13,15). The van der Waals surface area contributed by atoms with Crippen molar-refractivity contribution in [3.63, 3.8) is 0 Å². The molecule has 1 saturated heterocycles. The zero-order valence-corrected chi connectivity index (χ0v) is 12.7. The summed E-state index contributed by atoms with van der Waals surface area (Å²) in [6, 6.07) is 0. The maximum Gasteiger partial charge on any atom is 0.266 e. The molecule has 1 fully saturated rings. The number of carbonyl (C=O) groups excluding carboxylic acids is 1. The number of nitrogens with one attached hydrogen (secondary N) is 1. The molecule has 19 heavy (non-hydrogen) atoms. The van der Waals surface area contributed by atoms with Crippen LogP contribution in [-0.4, -0.2) is 41.7 Å². The van der Waals surface area contributed by atoms with Gasteiger partial charge in [0.15, 0.2) is 4.75 Å². The largest absolute Gasteiger partial charge is 0.289 e. The quantitative estimate of drug-likeness (QED) is 0.587. The molecule has 1 heterocycles. The highest BCUT2D eigenvalue weighted by Crippen LogP contribution is 2.32. The van der Waals surface area contributed by atoms with Crippen LogP contribution in [0.25, 0.3) is 0 Å². The summed E-state index contributed by atoms with van der Waals surface area (Å²) >= 11 is 0. The number of carbonyl (C=O) groups is 1. The molecule has 0 atom stereocenters. The molecule has 0 aromatic heterocycles. The Labute approximate surface area is 115 Å². The van der Waals surface area contributed by atoms with Crippen LogP contribution in [-0.2, 0) is 14.8 Å². The monoisotopic (exact) mass is 292 g/mol. The van der Waals surface area contributed by atoms with Crippen LogP contribution in [0.4, 0.5) is 0 Å². The number of hydrogen-bond acceptors (Lipinski definition) is 4. The normalized spacial score (nSPS) is 19.4. The third kappa shape index (κ3) is 2.78. The van der Waals surface area contributed by atoms with Crippen LogP contribution in [0.15, 0.2) is 0 Å². The van der Waals surface area contributed by atoms with E-state index in [1.54, 1.807) is 13.8 Å². The van der Waals surface area contributed by atoms with Crippen molar-refractivity contribution >= 4 is 15.9 Å². The molecular weight excluding hydrogens is 268 g/mol. The Morgan fingerprint density at radius 3 is 2.16 bits per heavy atom. The average Bonchev–Trinajstić information content (AvgIpc) is 2.40. The summed E-state index contributed by atoms with van der Waals surface area (Å²) in [7, 11) is -3.76. The minimum atomic E-state index is -3.76. The van der Waals surface area contributed by atoms with Crippen molar-refractivity contribution in [3.8, 4) is 0 Å². The molecule has 0 aromatic rings. The van der Waals surface area contributed by atoms with Gasteiger partial charge in [-0.1, -0.05) is 20.8 Å². The number of piperidine rings is 1. The van der Waals surface area contributed by atoms with Gasteiger partial charge in [0.2, 0.25) is 10.0 Å². The van der Waals surface area contributed by atoms with Crippen LogP contribution in [0.1, 0.15) is 46.5 Å². The van der Waals surface area contributed by atoms with E-state index in [9.17, 15) is 13.2 Å². The van der Waals surface area contributed by atoms with Crippen molar-refractivity contribution in [2.75, 3.05) is 13.1 Å². The first kappa shape index (κ1) is 16.4. The smallest absolute Gasteiger partial charge is 0.266 e. The van der Waals surface area contributed by atoms with Crippen LogP contribution in [0.5, 0.6) is 0 Å². The summed E-state index contributed by atoms with van der Waals surface area (Å²) in [5.74, 6) is -0.327. The Bertz CT molecular complexity index is 409. The number of hydrogen-bond donors (Lipinski definition) is 2. The molecule has 0 saturated carbocycles. The molecular formula is C12H24N2O4S. The number of nitrogens with zero attached hydrogens (tertiary/aromatic N) is 1. The second kappa shape index (κ2) is 6.19. The van der Waals surface area contributed by atoms with Gasteiger partial charge in [0.1, 0.15) is 0 Å². The van der Waals surface area contributed by atoms with Crippen molar-refractivity contribution in [1.29, 1.82) is 0 Å². The zero-order chi connectivity index (χ0) is 14.7. The van der Waals surface area contributed by atoms with Crippen LogP contribution < -0.4 is 5.48 Å². The Hall–Kier alpha value is -0.660. The summed E-state index contributed by atoms with van der Waals surface area (Å²) in [6.07, 6.45) is 1.90. The van der Waals surface area contributed by atoms with E-state index in [2.05, 4.69) is 6.92 Å². The molecule has 0 aromatic carbocycles. The summed E-state index contributed by atoms with van der Waals surface area (Å²) in [5, 5.41) is 8.85. The summed E-state index contributed by atoms with van der Waals surface area (Å²) < 4.78 is 25.3. The SMILES string of the molecule is CCC(CC)(C(=O)NO)S(=O)(=O)N1CCC(C)CC1. The first-order chi connectivity index (χ1) is 8.85. The first-order valence-corrected chi connectivity index (χ1v) is 8.24. The van der Waals surface area contributed by atoms with E-state index in [1.165, 1.54) is 9.79 Å². The van der Waals surface area contributed by atoms with Gasteiger partial charge < -0.3 is 0 Å². The second-order valence-electron chi connectivity index (χ2n) is 5.23. The van der Waals surface area contributed by atoms with Crippen LogP contribution in [0.2, 0.25) is 0 Å². The van der Waals surface area contributed by atoms with Crippen molar-refractivity contribution < 1.29 is 18.4 Å². The lowest BCUT2D eigenvalue weighted by Gasteiger charge is -2.37. The molecule has 1 rings (SSSR count). The fraction of sp³-hybridized carbons (Fsp3) is 0.917. The molecule has 0 unspecified atom stereocenters.